The summed E-state index contributed by atoms with van der Waals surface area (Å²) in [5.41, 5.74) is 8.60. The molecule has 0 unspecified atom stereocenters. The second kappa shape index (κ2) is 8.74. The highest BCUT2D eigenvalue weighted by molar-refractivity contribution is 7.98. The lowest BCUT2D eigenvalue weighted by atomic mass is 9.97. The zero-order chi connectivity index (χ0) is 23.8. The van der Waals surface area contributed by atoms with E-state index in [1.807, 2.05) is 25.1 Å². The summed E-state index contributed by atoms with van der Waals surface area (Å²) in [6, 6.07) is 14.5. The quantitative estimate of drug-likeness (QED) is 0.350. The van der Waals surface area contributed by atoms with Crippen LogP contribution in [0.4, 0.5) is 24.8 Å². The van der Waals surface area contributed by atoms with Gasteiger partial charge < -0.3 is 11.1 Å². The van der Waals surface area contributed by atoms with E-state index in [9.17, 15) is 18.0 Å². The Labute approximate surface area is 192 Å². The summed E-state index contributed by atoms with van der Waals surface area (Å²) in [6.07, 6.45) is -1.34. The number of nitrogens with one attached hydrogen (secondary N) is 1. The SMILES string of the molecule is CSc1c(NC(=O)c2ccc(C)c(-c3ccc4nc(N)ncc4c3)c2)cccc1C(F)(F)F. The Morgan fingerprint density at radius 2 is 1.88 bits per heavy atom. The number of anilines is 2. The van der Waals surface area contributed by atoms with Crippen LogP contribution in [0.5, 0.6) is 0 Å². The van der Waals surface area contributed by atoms with Crippen LogP contribution in [0.1, 0.15) is 21.5 Å². The van der Waals surface area contributed by atoms with Crippen LogP contribution in [-0.4, -0.2) is 22.1 Å². The predicted molar refractivity (Wildman–Crippen MR) is 125 cm³/mol. The average Bonchev–Trinajstić information content (AvgIpc) is 2.78. The van der Waals surface area contributed by atoms with Gasteiger partial charge in [-0.25, -0.2) is 9.97 Å². The van der Waals surface area contributed by atoms with Crippen LogP contribution >= 0.6 is 11.8 Å². The summed E-state index contributed by atoms with van der Waals surface area (Å²) >= 11 is 0.935. The molecule has 0 saturated carbocycles. The topological polar surface area (TPSA) is 80.9 Å². The first kappa shape index (κ1) is 22.6. The van der Waals surface area contributed by atoms with Crippen molar-refractivity contribution in [3.8, 4) is 11.1 Å². The highest BCUT2D eigenvalue weighted by Crippen LogP contribution is 2.40. The van der Waals surface area contributed by atoms with E-state index in [-0.39, 0.29) is 16.5 Å². The van der Waals surface area contributed by atoms with E-state index in [1.54, 1.807) is 30.7 Å². The first-order valence-corrected chi connectivity index (χ1v) is 11.1. The molecule has 4 rings (SSSR count). The molecule has 9 heteroatoms. The van der Waals surface area contributed by atoms with Crippen LogP contribution in [0.2, 0.25) is 0 Å². The number of nitrogen functional groups attached to an aromatic ring is 1. The van der Waals surface area contributed by atoms with E-state index in [0.717, 1.165) is 39.9 Å². The Kier molecular flexibility index (Phi) is 5.99. The molecular formula is C24H19F3N4OS. The van der Waals surface area contributed by atoms with Gasteiger partial charge in [-0.15, -0.1) is 11.8 Å². The molecular weight excluding hydrogens is 449 g/mol. The minimum Gasteiger partial charge on any atom is -0.368 e. The molecule has 0 aliphatic rings. The van der Waals surface area contributed by atoms with E-state index in [0.29, 0.717) is 11.1 Å². The molecule has 1 heterocycles. The molecule has 1 aromatic heterocycles. The Balaban J connectivity index is 1.69. The van der Waals surface area contributed by atoms with Gasteiger partial charge in [-0.3, -0.25) is 4.79 Å². The van der Waals surface area contributed by atoms with Crippen molar-refractivity contribution >= 4 is 40.2 Å². The summed E-state index contributed by atoms with van der Waals surface area (Å²) in [5.74, 6) is -0.313. The molecule has 5 nitrogen and oxygen atoms in total. The van der Waals surface area contributed by atoms with Crippen molar-refractivity contribution in [1.29, 1.82) is 0 Å². The van der Waals surface area contributed by atoms with E-state index >= 15 is 0 Å². The summed E-state index contributed by atoms with van der Waals surface area (Å²) in [5, 5.41) is 3.43. The van der Waals surface area contributed by atoms with Gasteiger partial charge in [0.15, 0.2) is 0 Å². The maximum Gasteiger partial charge on any atom is 0.417 e. The third-order valence-electron chi connectivity index (χ3n) is 5.18. The van der Waals surface area contributed by atoms with E-state index in [2.05, 4.69) is 15.3 Å². The first-order chi connectivity index (χ1) is 15.7. The number of fused-ring (bicyclic) bond motifs is 1. The number of hydrogen-bond acceptors (Lipinski definition) is 5. The van der Waals surface area contributed by atoms with Gasteiger partial charge in [-0.05, 0) is 66.3 Å². The van der Waals surface area contributed by atoms with Crippen molar-refractivity contribution in [3.05, 3.63) is 77.5 Å². The third kappa shape index (κ3) is 4.63. The molecule has 4 aromatic rings. The zero-order valence-electron chi connectivity index (χ0n) is 17.7. The number of hydrogen-bond donors (Lipinski definition) is 2. The normalized spacial score (nSPS) is 11.5. The number of thioether (sulfide) groups is 1. The van der Waals surface area contributed by atoms with Crippen LogP contribution in [-0.2, 0) is 6.18 Å². The van der Waals surface area contributed by atoms with Gasteiger partial charge in [-0.1, -0.05) is 18.2 Å². The molecule has 0 spiro atoms. The van der Waals surface area contributed by atoms with Crippen molar-refractivity contribution in [2.75, 3.05) is 17.3 Å². The van der Waals surface area contributed by atoms with Crippen molar-refractivity contribution in [2.24, 2.45) is 0 Å². The highest BCUT2D eigenvalue weighted by atomic mass is 32.2. The van der Waals surface area contributed by atoms with Crippen molar-refractivity contribution in [1.82, 2.24) is 9.97 Å². The van der Waals surface area contributed by atoms with Gasteiger partial charge in [0.2, 0.25) is 5.95 Å². The van der Waals surface area contributed by atoms with Gasteiger partial charge in [-0.2, -0.15) is 13.2 Å². The fraction of sp³-hybridized carbons (Fsp3) is 0.125. The number of carbonyl (C=O) groups is 1. The molecule has 0 fully saturated rings. The second-order valence-corrected chi connectivity index (χ2v) is 8.19. The molecule has 3 aromatic carbocycles. The molecule has 3 N–H and O–H groups in total. The summed E-state index contributed by atoms with van der Waals surface area (Å²) in [4.78, 5) is 21.1. The molecule has 0 radical (unpaired) electrons. The lowest BCUT2D eigenvalue weighted by molar-refractivity contribution is -0.139. The predicted octanol–water partition coefficient (Wildman–Crippen LogP) is 6.18. The minimum absolute atomic E-state index is 0.0283. The summed E-state index contributed by atoms with van der Waals surface area (Å²) in [6.45, 7) is 1.92. The van der Waals surface area contributed by atoms with Crippen molar-refractivity contribution in [2.45, 2.75) is 18.0 Å². The lowest BCUT2D eigenvalue weighted by Crippen LogP contribution is -2.15. The molecule has 0 atom stereocenters. The van der Waals surface area contributed by atoms with Crippen LogP contribution in [0.3, 0.4) is 0 Å². The number of rotatable bonds is 4. The van der Waals surface area contributed by atoms with Gasteiger partial charge in [0, 0.05) is 22.0 Å². The summed E-state index contributed by atoms with van der Waals surface area (Å²) in [7, 11) is 0. The lowest BCUT2D eigenvalue weighted by Gasteiger charge is -2.16. The average molecular weight is 469 g/mol. The Hall–Kier alpha value is -3.59. The van der Waals surface area contributed by atoms with E-state index < -0.39 is 17.6 Å². The van der Waals surface area contributed by atoms with Crippen molar-refractivity contribution in [3.63, 3.8) is 0 Å². The Morgan fingerprint density at radius 3 is 2.61 bits per heavy atom. The van der Waals surface area contributed by atoms with Crippen LogP contribution < -0.4 is 11.1 Å². The largest absolute Gasteiger partial charge is 0.417 e. The minimum atomic E-state index is -4.51. The fourth-order valence-corrected chi connectivity index (χ4v) is 4.31. The molecule has 0 saturated heterocycles. The number of nitrogens with two attached hydrogens (primary N) is 1. The van der Waals surface area contributed by atoms with Gasteiger partial charge in [0.05, 0.1) is 16.8 Å². The molecule has 33 heavy (non-hydrogen) atoms. The number of carbonyl (C=O) groups excluding carboxylic acids is 1. The number of benzene rings is 3. The number of halogens is 3. The van der Waals surface area contributed by atoms with Crippen LogP contribution in [0.15, 0.2) is 65.7 Å². The smallest absolute Gasteiger partial charge is 0.368 e. The monoisotopic (exact) mass is 468 g/mol. The number of aryl methyl sites for hydroxylation is 1. The zero-order valence-corrected chi connectivity index (χ0v) is 18.5. The standard InChI is InChI=1S/C24H19F3N4OS/c1-13-6-7-15(11-17(13)14-8-9-19-16(10-14)12-29-23(28)31-19)22(32)30-20-5-3-4-18(21(20)33-2)24(25,26)27/h3-12H,1-2H3,(H,30,32)(H2,28,29,31). The molecule has 0 aliphatic heterocycles. The number of nitrogens with zero attached hydrogens (tertiary/aromatic N) is 2. The van der Waals surface area contributed by atoms with Gasteiger partial charge in [0.25, 0.3) is 5.91 Å². The van der Waals surface area contributed by atoms with Crippen LogP contribution in [0, 0.1) is 6.92 Å². The number of amides is 1. The maximum atomic E-state index is 13.4. The van der Waals surface area contributed by atoms with Crippen molar-refractivity contribution < 1.29 is 18.0 Å². The summed E-state index contributed by atoms with van der Waals surface area (Å²) < 4.78 is 40.1. The van der Waals surface area contributed by atoms with E-state index in [1.165, 1.54) is 12.1 Å². The van der Waals surface area contributed by atoms with Crippen LogP contribution in [0.25, 0.3) is 22.0 Å². The number of aromatic nitrogens is 2. The maximum absolute atomic E-state index is 13.4. The second-order valence-electron chi connectivity index (χ2n) is 7.37. The highest BCUT2D eigenvalue weighted by Gasteiger charge is 2.34. The first-order valence-electron chi connectivity index (χ1n) is 9.86. The van der Waals surface area contributed by atoms with Gasteiger partial charge >= 0.3 is 6.18 Å². The Morgan fingerprint density at radius 1 is 1.09 bits per heavy atom. The molecule has 1 amide bonds. The molecule has 168 valence electrons. The third-order valence-corrected chi connectivity index (χ3v) is 6.03. The Bertz CT molecular complexity index is 1370. The molecule has 0 aliphatic carbocycles. The van der Waals surface area contributed by atoms with E-state index in [4.69, 9.17) is 5.73 Å². The number of alkyl halides is 3. The molecule has 0 bridgehead atoms. The fourth-order valence-electron chi connectivity index (χ4n) is 3.56. The van der Waals surface area contributed by atoms with Gasteiger partial charge in [0.1, 0.15) is 0 Å².